The molecule has 1 saturated heterocycles. The molecule has 0 radical (unpaired) electrons. The summed E-state index contributed by atoms with van der Waals surface area (Å²) in [4.78, 5) is 2.58. The summed E-state index contributed by atoms with van der Waals surface area (Å²) in [5.41, 5.74) is 0. The van der Waals surface area contributed by atoms with Gasteiger partial charge in [0.1, 0.15) is 0 Å². The Kier molecular flexibility index (Phi) is 1.71. The number of likely N-dealkylation sites (tertiary alicyclic amines) is 1. The molecule has 0 aromatic rings. The average Bonchev–Trinajstić information content (AvgIpc) is 2.10. The second-order valence-corrected chi connectivity index (χ2v) is 4.68. The highest BCUT2D eigenvalue weighted by molar-refractivity contribution is 4.98. The highest BCUT2D eigenvalue weighted by Gasteiger charge is 2.46. The third-order valence-electron chi connectivity index (χ3n) is 3.63. The zero-order valence-electron chi connectivity index (χ0n) is 7.88. The van der Waals surface area contributed by atoms with E-state index in [0.29, 0.717) is 0 Å². The molecule has 1 unspecified atom stereocenters. The van der Waals surface area contributed by atoms with Crippen molar-refractivity contribution >= 4 is 0 Å². The number of rotatable bonds is 1. The molecule has 0 spiro atoms. The van der Waals surface area contributed by atoms with Gasteiger partial charge in [-0.05, 0) is 37.6 Å². The van der Waals surface area contributed by atoms with Gasteiger partial charge in [-0.25, -0.2) is 0 Å². The first-order chi connectivity index (χ1) is 5.20. The molecule has 3 atom stereocenters. The molecule has 0 N–H and O–H groups in total. The van der Waals surface area contributed by atoms with Crippen LogP contribution < -0.4 is 0 Å². The predicted octanol–water partition coefficient (Wildman–Crippen LogP) is 1.98. The first-order valence-electron chi connectivity index (χ1n) is 4.90. The minimum atomic E-state index is 0.857. The normalized spacial score (nSPS) is 44.2. The molecule has 0 aromatic heterocycles. The van der Waals surface area contributed by atoms with Crippen LogP contribution in [0.1, 0.15) is 26.7 Å². The molecule has 1 heterocycles. The van der Waals surface area contributed by atoms with E-state index in [2.05, 4.69) is 25.8 Å². The molecule has 1 aliphatic heterocycles. The SMILES string of the molecule is CC(C)C1[C@@H]2CC[C@@H]2CN1C. The van der Waals surface area contributed by atoms with Crippen molar-refractivity contribution in [2.24, 2.45) is 17.8 Å². The van der Waals surface area contributed by atoms with Gasteiger partial charge in [0, 0.05) is 12.6 Å². The molecule has 1 aliphatic carbocycles. The summed E-state index contributed by atoms with van der Waals surface area (Å²) in [6.07, 6.45) is 3.00. The highest BCUT2D eigenvalue weighted by Crippen LogP contribution is 2.46. The number of hydrogen-bond donors (Lipinski definition) is 0. The van der Waals surface area contributed by atoms with Gasteiger partial charge in [-0.1, -0.05) is 13.8 Å². The maximum absolute atomic E-state index is 2.58. The predicted molar refractivity (Wildman–Crippen MR) is 47.5 cm³/mol. The van der Waals surface area contributed by atoms with E-state index in [0.717, 1.165) is 23.8 Å². The Morgan fingerprint density at radius 2 is 2.00 bits per heavy atom. The molecular weight excluding hydrogens is 134 g/mol. The Bertz CT molecular complexity index is 153. The topological polar surface area (TPSA) is 3.24 Å². The fraction of sp³-hybridized carbons (Fsp3) is 1.00. The van der Waals surface area contributed by atoms with Crippen LogP contribution >= 0.6 is 0 Å². The molecule has 1 heteroatoms. The summed E-state index contributed by atoms with van der Waals surface area (Å²) in [5, 5.41) is 0. The highest BCUT2D eigenvalue weighted by atomic mass is 15.2. The van der Waals surface area contributed by atoms with Gasteiger partial charge in [0.15, 0.2) is 0 Å². The fourth-order valence-corrected chi connectivity index (χ4v) is 3.09. The Morgan fingerprint density at radius 3 is 2.27 bits per heavy atom. The lowest BCUT2D eigenvalue weighted by Gasteiger charge is -2.35. The first kappa shape index (κ1) is 7.60. The van der Waals surface area contributed by atoms with Crippen molar-refractivity contribution in [1.29, 1.82) is 0 Å². The Morgan fingerprint density at radius 1 is 1.27 bits per heavy atom. The van der Waals surface area contributed by atoms with Crippen LogP contribution in [0.15, 0.2) is 0 Å². The van der Waals surface area contributed by atoms with Crippen LogP contribution in [-0.2, 0) is 0 Å². The second kappa shape index (κ2) is 2.48. The molecular formula is C10H19N. The molecule has 64 valence electrons. The van der Waals surface area contributed by atoms with Crippen LogP contribution in [0.5, 0.6) is 0 Å². The molecule has 2 rings (SSSR count). The van der Waals surface area contributed by atoms with Gasteiger partial charge in [0.25, 0.3) is 0 Å². The monoisotopic (exact) mass is 153 g/mol. The maximum Gasteiger partial charge on any atom is 0.0147 e. The minimum absolute atomic E-state index is 0.857. The summed E-state index contributed by atoms with van der Waals surface area (Å²) in [5.74, 6) is 2.97. The van der Waals surface area contributed by atoms with E-state index in [4.69, 9.17) is 0 Å². The third-order valence-corrected chi connectivity index (χ3v) is 3.63. The summed E-state index contributed by atoms with van der Waals surface area (Å²) in [6, 6.07) is 0.897. The Balaban J connectivity index is 2.07. The summed E-state index contributed by atoms with van der Waals surface area (Å²) >= 11 is 0. The van der Waals surface area contributed by atoms with E-state index in [1.165, 1.54) is 19.4 Å². The van der Waals surface area contributed by atoms with Gasteiger partial charge < -0.3 is 4.90 Å². The molecule has 11 heavy (non-hydrogen) atoms. The first-order valence-corrected chi connectivity index (χ1v) is 4.90. The van der Waals surface area contributed by atoms with Gasteiger partial charge in [-0.3, -0.25) is 0 Å². The quantitative estimate of drug-likeness (QED) is 0.557. The van der Waals surface area contributed by atoms with E-state index in [-0.39, 0.29) is 0 Å². The number of fused-ring (bicyclic) bond motifs is 1. The lowest BCUT2D eigenvalue weighted by atomic mass is 9.71. The van der Waals surface area contributed by atoms with Crippen molar-refractivity contribution in [3.05, 3.63) is 0 Å². The van der Waals surface area contributed by atoms with Gasteiger partial charge in [-0.2, -0.15) is 0 Å². The van der Waals surface area contributed by atoms with E-state index >= 15 is 0 Å². The zero-order valence-corrected chi connectivity index (χ0v) is 7.88. The van der Waals surface area contributed by atoms with Crippen LogP contribution in [-0.4, -0.2) is 24.5 Å². The zero-order chi connectivity index (χ0) is 8.01. The molecule has 0 bridgehead atoms. The smallest absolute Gasteiger partial charge is 0.0147 e. The van der Waals surface area contributed by atoms with Gasteiger partial charge >= 0.3 is 0 Å². The largest absolute Gasteiger partial charge is 0.303 e. The standard InChI is InChI=1S/C10H19N/c1-7(2)10-9-5-4-8(9)6-11(10)3/h7-10H,4-6H2,1-3H3/t8-,9-,10?/m1/s1. The molecule has 2 aliphatic rings. The summed E-state index contributed by atoms with van der Waals surface area (Å²) in [7, 11) is 2.29. The van der Waals surface area contributed by atoms with Crippen LogP contribution in [0, 0.1) is 17.8 Å². The molecule has 0 amide bonds. The molecule has 2 fully saturated rings. The Labute approximate surface area is 69.8 Å². The van der Waals surface area contributed by atoms with Gasteiger partial charge in [0.2, 0.25) is 0 Å². The lowest BCUT2D eigenvalue weighted by Crippen LogP contribution is -2.36. The van der Waals surface area contributed by atoms with Crippen molar-refractivity contribution in [3.63, 3.8) is 0 Å². The van der Waals surface area contributed by atoms with Crippen molar-refractivity contribution in [1.82, 2.24) is 4.90 Å². The number of nitrogens with zero attached hydrogens (tertiary/aromatic N) is 1. The Hall–Kier alpha value is -0.0400. The van der Waals surface area contributed by atoms with Crippen molar-refractivity contribution in [3.8, 4) is 0 Å². The van der Waals surface area contributed by atoms with E-state index in [9.17, 15) is 0 Å². The van der Waals surface area contributed by atoms with Crippen molar-refractivity contribution in [2.45, 2.75) is 32.7 Å². The maximum atomic E-state index is 2.58. The van der Waals surface area contributed by atoms with Gasteiger partial charge in [-0.15, -0.1) is 0 Å². The fourth-order valence-electron chi connectivity index (χ4n) is 3.09. The summed E-state index contributed by atoms with van der Waals surface area (Å²) < 4.78 is 0. The van der Waals surface area contributed by atoms with Crippen molar-refractivity contribution in [2.75, 3.05) is 13.6 Å². The number of hydrogen-bond acceptors (Lipinski definition) is 1. The third kappa shape index (κ3) is 1.01. The van der Waals surface area contributed by atoms with Crippen LogP contribution in [0.25, 0.3) is 0 Å². The van der Waals surface area contributed by atoms with Crippen LogP contribution in [0.3, 0.4) is 0 Å². The average molecular weight is 153 g/mol. The molecule has 1 saturated carbocycles. The summed E-state index contributed by atoms with van der Waals surface area (Å²) in [6.45, 7) is 6.09. The van der Waals surface area contributed by atoms with E-state index in [1.807, 2.05) is 0 Å². The van der Waals surface area contributed by atoms with E-state index < -0.39 is 0 Å². The lowest BCUT2D eigenvalue weighted by molar-refractivity contribution is 0.157. The molecule has 1 nitrogen and oxygen atoms in total. The van der Waals surface area contributed by atoms with Crippen LogP contribution in [0.4, 0.5) is 0 Å². The second-order valence-electron chi connectivity index (χ2n) is 4.68. The van der Waals surface area contributed by atoms with Crippen LogP contribution in [0.2, 0.25) is 0 Å². The van der Waals surface area contributed by atoms with E-state index in [1.54, 1.807) is 0 Å². The molecule has 0 aromatic carbocycles. The van der Waals surface area contributed by atoms with Crippen molar-refractivity contribution < 1.29 is 0 Å². The minimum Gasteiger partial charge on any atom is -0.303 e. The van der Waals surface area contributed by atoms with Gasteiger partial charge in [0.05, 0.1) is 0 Å².